The molecule has 1 aromatic rings. The SMILES string of the molecule is CC(C#N)NC(=O)c1ncccc1Cl. The van der Waals surface area contributed by atoms with Gasteiger partial charge in [0.05, 0.1) is 11.1 Å². The molecule has 0 saturated carbocycles. The van der Waals surface area contributed by atoms with Crippen molar-refractivity contribution in [2.24, 2.45) is 0 Å². The van der Waals surface area contributed by atoms with Crippen molar-refractivity contribution < 1.29 is 4.79 Å². The molecule has 0 radical (unpaired) electrons. The molecule has 0 saturated heterocycles. The van der Waals surface area contributed by atoms with E-state index < -0.39 is 11.9 Å². The molecule has 1 amide bonds. The Labute approximate surface area is 86.5 Å². The third kappa shape index (κ3) is 2.44. The number of carbonyl (C=O) groups is 1. The van der Waals surface area contributed by atoms with E-state index >= 15 is 0 Å². The van der Waals surface area contributed by atoms with Gasteiger partial charge in [-0.15, -0.1) is 0 Å². The maximum Gasteiger partial charge on any atom is 0.272 e. The molecule has 5 heteroatoms. The molecule has 1 atom stereocenters. The molecular formula is C9H8ClN3O. The zero-order valence-electron chi connectivity index (χ0n) is 7.49. The zero-order chi connectivity index (χ0) is 10.6. The summed E-state index contributed by atoms with van der Waals surface area (Å²) in [5, 5.41) is 11.2. The Kier molecular flexibility index (Phi) is 3.43. The Bertz CT molecular complexity index is 386. The van der Waals surface area contributed by atoms with Gasteiger partial charge < -0.3 is 5.32 Å². The van der Waals surface area contributed by atoms with E-state index in [9.17, 15) is 4.79 Å². The molecule has 72 valence electrons. The number of aromatic nitrogens is 1. The summed E-state index contributed by atoms with van der Waals surface area (Å²) in [6.45, 7) is 1.58. The van der Waals surface area contributed by atoms with Gasteiger partial charge in [0.1, 0.15) is 11.7 Å². The fourth-order valence-electron chi connectivity index (χ4n) is 0.850. The van der Waals surface area contributed by atoms with Gasteiger partial charge >= 0.3 is 0 Å². The van der Waals surface area contributed by atoms with E-state index in [2.05, 4.69) is 10.3 Å². The zero-order valence-corrected chi connectivity index (χ0v) is 8.25. The highest BCUT2D eigenvalue weighted by molar-refractivity contribution is 6.33. The van der Waals surface area contributed by atoms with Gasteiger partial charge in [0.15, 0.2) is 0 Å². The normalized spacial score (nSPS) is 11.5. The molecule has 0 aliphatic heterocycles. The second-order valence-electron chi connectivity index (χ2n) is 2.66. The second kappa shape index (κ2) is 4.58. The van der Waals surface area contributed by atoms with Gasteiger partial charge in [0.2, 0.25) is 0 Å². The van der Waals surface area contributed by atoms with Crippen molar-refractivity contribution in [1.82, 2.24) is 10.3 Å². The molecule has 1 aromatic heterocycles. The van der Waals surface area contributed by atoms with Gasteiger partial charge in [-0.3, -0.25) is 4.79 Å². The van der Waals surface area contributed by atoms with E-state index in [1.807, 2.05) is 6.07 Å². The summed E-state index contributed by atoms with van der Waals surface area (Å²) < 4.78 is 0. The fraction of sp³-hybridized carbons (Fsp3) is 0.222. The second-order valence-corrected chi connectivity index (χ2v) is 3.07. The van der Waals surface area contributed by atoms with Crippen LogP contribution in [0.5, 0.6) is 0 Å². The average Bonchev–Trinajstić information content (AvgIpc) is 2.18. The van der Waals surface area contributed by atoms with Crippen LogP contribution in [0.25, 0.3) is 0 Å². The van der Waals surface area contributed by atoms with Crippen molar-refractivity contribution in [2.45, 2.75) is 13.0 Å². The number of nitrogens with zero attached hydrogens (tertiary/aromatic N) is 2. The number of hydrogen-bond acceptors (Lipinski definition) is 3. The Morgan fingerprint density at radius 1 is 1.79 bits per heavy atom. The summed E-state index contributed by atoms with van der Waals surface area (Å²) in [6, 6.07) is 4.53. The smallest absolute Gasteiger partial charge is 0.272 e. The Morgan fingerprint density at radius 2 is 2.50 bits per heavy atom. The monoisotopic (exact) mass is 209 g/mol. The molecule has 0 fully saturated rings. The minimum atomic E-state index is -0.555. The van der Waals surface area contributed by atoms with Gasteiger partial charge in [0.25, 0.3) is 5.91 Å². The van der Waals surface area contributed by atoms with Crippen LogP contribution in [0.15, 0.2) is 18.3 Å². The first-order valence-corrected chi connectivity index (χ1v) is 4.34. The molecule has 0 aliphatic carbocycles. The van der Waals surface area contributed by atoms with Gasteiger partial charge in [-0.25, -0.2) is 4.98 Å². The van der Waals surface area contributed by atoms with E-state index in [0.29, 0.717) is 0 Å². The number of hydrogen-bond donors (Lipinski definition) is 1. The molecule has 14 heavy (non-hydrogen) atoms. The first kappa shape index (κ1) is 10.5. The van der Waals surface area contributed by atoms with Gasteiger partial charge in [0, 0.05) is 6.20 Å². The first-order valence-electron chi connectivity index (χ1n) is 3.96. The summed E-state index contributed by atoms with van der Waals surface area (Å²) in [5.74, 6) is -0.440. The molecule has 0 bridgehead atoms. The number of rotatable bonds is 2. The van der Waals surface area contributed by atoms with Crippen LogP contribution in [0, 0.1) is 11.3 Å². The molecule has 4 nitrogen and oxygen atoms in total. The fourth-order valence-corrected chi connectivity index (χ4v) is 1.06. The lowest BCUT2D eigenvalue weighted by Crippen LogP contribution is -2.32. The van der Waals surface area contributed by atoms with Gasteiger partial charge in [-0.2, -0.15) is 5.26 Å². The predicted molar refractivity (Wildman–Crippen MR) is 51.8 cm³/mol. The topological polar surface area (TPSA) is 65.8 Å². The van der Waals surface area contributed by atoms with E-state index in [0.717, 1.165) is 0 Å². The van der Waals surface area contributed by atoms with E-state index in [1.165, 1.54) is 6.20 Å². The lowest BCUT2D eigenvalue weighted by molar-refractivity contribution is 0.0943. The summed E-state index contributed by atoms with van der Waals surface area (Å²) >= 11 is 5.74. The quantitative estimate of drug-likeness (QED) is 0.800. The molecule has 1 N–H and O–H groups in total. The lowest BCUT2D eigenvalue weighted by Gasteiger charge is -2.06. The maximum atomic E-state index is 11.4. The van der Waals surface area contributed by atoms with E-state index in [1.54, 1.807) is 19.1 Å². The Hall–Kier alpha value is -1.60. The van der Waals surface area contributed by atoms with Crippen LogP contribution in [-0.4, -0.2) is 16.9 Å². The predicted octanol–water partition coefficient (Wildman–Crippen LogP) is 1.38. The van der Waals surface area contributed by atoms with Gasteiger partial charge in [-0.05, 0) is 19.1 Å². The molecule has 0 aliphatic rings. The molecule has 1 heterocycles. The Balaban J connectivity index is 2.81. The number of nitrogens with one attached hydrogen (secondary N) is 1. The molecule has 1 rings (SSSR count). The van der Waals surface area contributed by atoms with Crippen LogP contribution >= 0.6 is 11.6 Å². The number of carbonyl (C=O) groups excluding carboxylic acids is 1. The van der Waals surface area contributed by atoms with E-state index in [4.69, 9.17) is 16.9 Å². The number of amides is 1. The molecule has 0 spiro atoms. The molecule has 1 unspecified atom stereocenters. The third-order valence-electron chi connectivity index (χ3n) is 1.51. The van der Waals surface area contributed by atoms with Gasteiger partial charge in [-0.1, -0.05) is 11.6 Å². The Morgan fingerprint density at radius 3 is 3.07 bits per heavy atom. The van der Waals surface area contributed by atoms with Crippen molar-refractivity contribution in [3.05, 3.63) is 29.0 Å². The molecule has 0 aromatic carbocycles. The maximum absolute atomic E-state index is 11.4. The average molecular weight is 210 g/mol. The van der Waals surface area contributed by atoms with Crippen molar-refractivity contribution in [2.75, 3.05) is 0 Å². The van der Waals surface area contributed by atoms with Crippen molar-refractivity contribution in [1.29, 1.82) is 5.26 Å². The first-order chi connectivity index (χ1) is 6.65. The van der Waals surface area contributed by atoms with Crippen LogP contribution < -0.4 is 5.32 Å². The number of pyridine rings is 1. The van der Waals surface area contributed by atoms with Crippen LogP contribution in [0.3, 0.4) is 0 Å². The summed E-state index contributed by atoms with van der Waals surface area (Å²) in [5.41, 5.74) is 0.135. The van der Waals surface area contributed by atoms with Crippen LogP contribution in [0.4, 0.5) is 0 Å². The van der Waals surface area contributed by atoms with E-state index in [-0.39, 0.29) is 10.7 Å². The summed E-state index contributed by atoms with van der Waals surface area (Å²) in [4.78, 5) is 15.2. The van der Waals surface area contributed by atoms with Crippen LogP contribution in [-0.2, 0) is 0 Å². The lowest BCUT2D eigenvalue weighted by atomic mass is 10.3. The highest BCUT2D eigenvalue weighted by Gasteiger charge is 2.12. The standard InChI is InChI=1S/C9H8ClN3O/c1-6(5-11)13-9(14)8-7(10)3-2-4-12-8/h2-4,6H,1H3,(H,13,14). The summed E-state index contributed by atoms with van der Waals surface area (Å²) in [7, 11) is 0. The van der Waals surface area contributed by atoms with Crippen LogP contribution in [0.2, 0.25) is 5.02 Å². The largest absolute Gasteiger partial charge is 0.335 e. The molecular weight excluding hydrogens is 202 g/mol. The van der Waals surface area contributed by atoms with Crippen molar-refractivity contribution >= 4 is 17.5 Å². The van der Waals surface area contributed by atoms with Crippen LogP contribution in [0.1, 0.15) is 17.4 Å². The highest BCUT2D eigenvalue weighted by Crippen LogP contribution is 2.11. The summed E-state index contributed by atoms with van der Waals surface area (Å²) in [6.07, 6.45) is 1.47. The number of nitriles is 1. The minimum Gasteiger partial charge on any atom is -0.335 e. The van der Waals surface area contributed by atoms with Crippen molar-refractivity contribution in [3.8, 4) is 6.07 Å². The van der Waals surface area contributed by atoms with Crippen molar-refractivity contribution in [3.63, 3.8) is 0 Å². The highest BCUT2D eigenvalue weighted by atomic mass is 35.5. The third-order valence-corrected chi connectivity index (χ3v) is 1.82. The number of halogens is 1. The minimum absolute atomic E-state index is 0.135.